The number of amides is 1. The van der Waals surface area contributed by atoms with Gasteiger partial charge in [-0.25, -0.2) is 4.98 Å². The van der Waals surface area contributed by atoms with E-state index in [9.17, 15) is 4.79 Å². The predicted octanol–water partition coefficient (Wildman–Crippen LogP) is 3.05. The molecule has 1 unspecified atom stereocenters. The maximum absolute atomic E-state index is 12.5. The van der Waals surface area contributed by atoms with Gasteiger partial charge in [-0.3, -0.25) is 9.78 Å². The van der Waals surface area contributed by atoms with Crippen molar-refractivity contribution in [3.05, 3.63) is 35.5 Å². The summed E-state index contributed by atoms with van der Waals surface area (Å²) in [7, 11) is 1.97. The number of hydrogen-bond acceptors (Lipinski definition) is 5. The summed E-state index contributed by atoms with van der Waals surface area (Å²) in [6.07, 6.45) is 4.44. The number of rotatable bonds is 5. The van der Waals surface area contributed by atoms with Gasteiger partial charge in [-0.15, -0.1) is 36.2 Å². The van der Waals surface area contributed by atoms with Crippen LogP contribution in [0.15, 0.2) is 29.8 Å². The molecule has 1 amide bonds. The van der Waals surface area contributed by atoms with Crippen LogP contribution < -0.4 is 5.32 Å². The van der Waals surface area contributed by atoms with Gasteiger partial charge in [-0.05, 0) is 44.5 Å². The fourth-order valence-electron chi connectivity index (χ4n) is 3.01. The Balaban J connectivity index is 0.00000156. The van der Waals surface area contributed by atoms with Gasteiger partial charge in [0.15, 0.2) is 0 Å². The van der Waals surface area contributed by atoms with Crippen molar-refractivity contribution >= 4 is 42.1 Å². The van der Waals surface area contributed by atoms with E-state index in [1.165, 1.54) is 6.42 Å². The van der Waals surface area contributed by atoms with Crippen LogP contribution >= 0.6 is 36.2 Å². The van der Waals surface area contributed by atoms with Crippen molar-refractivity contribution < 1.29 is 4.79 Å². The summed E-state index contributed by atoms with van der Waals surface area (Å²) in [5.74, 6) is 0.751. The first-order valence-electron chi connectivity index (χ1n) is 8.04. The van der Waals surface area contributed by atoms with E-state index in [0.29, 0.717) is 12.3 Å². The zero-order chi connectivity index (χ0) is 16.1. The molecule has 1 aliphatic rings. The molecule has 2 aromatic heterocycles. The molecule has 0 aliphatic carbocycles. The standard InChI is InChI=1S/C17H22N4OS.2ClH/c1-18-10-13-5-4-8-21(11-13)16(22)9-14-12-23-17(20-14)15-6-2-3-7-19-15;;/h2-3,6-7,12-13,18H,4-5,8-11H2,1H3;2*1H. The van der Waals surface area contributed by atoms with Gasteiger partial charge in [0.25, 0.3) is 0 Å². The molecule has 1 aliphatic heterocycles. The maximum Gasteiger partial charge on any atom is 0.228 e. The molecule has 1 N–H and O–H groups in total. The average Bonchev–Trinajstić information content (AvgIpc) is 3.05. The Bertz CT molecular complexity index is 651. The number of nitrogens with one attached hydrogen (secondary N) is 1. The summed E-state index contributed by atoms with van der Waals surface area (Å²) >= 11 is 1.55. The zero-order valence-electron chi connectivity index (χ0n) is 14.2. The first kappa shape index (κ1) is 21.8. The van der Waals surface area contributed by atoms with Crippen molar-refractivity contribution in [2.45, 2.75) is 19.3 Å². The Morgan fingerprint density at radius 3 is 2.96 bits per heavy atom. The molecule has 1 saturated heterocycles. The van der Waals surface area contributed by atoms with E-state index in [1.54, 1.807) is 17.5 Å². The Hall–Kier alpha value is -1.21. The lowest BCUT2D eigenvalue weighted by atomic mass is 9.98. The monoisotopic (exact) mass is 402 g/mol. The Morgan fingerprint density at radius 2 is 2.24 bits per heavy atom. The van der Waals surface area contributed by atoms with Crippen molar-refractivity contribution in [1.29, 1.82) is 0 Å². The van der Waals surface area contributed by atoms with Gasteiger partial charge >= 0.3 is 0 Å². The van der Waals surface area contributed by atoms with E-state index in [2.05, 4.69) is 15.3 Å². The number of likely N-dealkylation sites (tertiary alicyclic amines) is 1. The van der Waals surface area contributed by atoms with E-state index < -0.39 is 0 Å². The molecule has 0 radical (unpaired) electrons. The Labute approximate surface area is 165 Å². The third-order valence-corrected chi connectivity index (χ3v) is 5.05. The normalized spacial score (nSPS) is 16.7. The van der Waals surface area contributed by atoms with Gasteiger partial charge in [0.2, 0.25) is 5.91 Å². The van der Waals surface area contributed by atoms with E-state index >= 15 is 0 Å². The van der Waals surface area contributed by atoms with Gasteiger partial charge in [0, 0.05) is 24.7 Å². The average molecular weight is 403 g/mol. The molecular formula is C17H24Cl2N4OS. The fourth-order valence-corrected chi connectivity index (χ4v) is 3.80. The molecule has 0 aromatic carbocycles. The second-order valence-corrected chi connectivity index (χ2v) is 6.80. The number of pyridine rings is 1. The first-order valence-corrected chi connectivity index (χ1v) is 8.92. The summed E-state index contributed by atoms with van der Waals surface area (Å²) in [5.41, 5.74) is 1.71. The highest BCUT2D eigenvalue weighted by Crippen LogP contribution is 2.22. The topological polar surface area (TPSA) is 58.1 Å². The van der Waals surface area contributed by atoms with Crippen LogP contribution in [0.5, 0.6) is 0 Å². The van der Waals surface area contributed by atoms with Crippen molar-refractivity contribution in [3.63, 3.8) is 0 Å². The number of piperidine rings is 1. The third kappa shape index (κ3) is 5.92. The van der Waals surface area contributed by atoms with Crippen LogP contribution in [0.4, 0.5) is 0 Å². The molecule has 5 nitrogen and oxygen atoms in total. The second-order valence-electron chi connectivity index (χ2n) is 5.94. The molecule has 1 fully saturated rings. The van der Waals surface area contributed by atoms with Crippen molar-refractivity contribution in [1.82, 2.24) is 20.2 Å². The van der Waals surface area contributed by atoms with Crippen LogP contribution in [0.2, 0.25) is 0 Å². The van der Waals surface area contributed by atoms with E-state index in [-0.39, 0.29) is 30.7 Å². The first-order chi connectivity index (χ1) is 11.3. The predicted molar refractivity (Wildman–Crippen MR) is 107 cm³/mol. The number of thiazole rings is 1. The van der Waals surface area contributed by atoms with Gasteiger partial charge in [-0.1, -0.05) is 6.07 Å². The Kier molecular flexibility index (Phi) is 9.35. The minimum atomic E-state index is 0. The van der Waals surface area contributed by atoms with Crippen LogP contribution in [-0.4, -0.2) is 47.5 Å². The number of carbonyl (C=O) groups is 1. The minimum absolute atomic E-state index is 0. The molecule has 1 atom stereocenters. The number of carbonyl (C=O) groups excluding carboxylic acids is 1. The van der Waals surface area contributed by atoms with Crippen molar-refractivity contribution in [2.75, 3.05) is 26.7 Å². The van der Waals surface area contributed by atoms with Gasteiger partial charge in [-0.2, -0.15) is 0 Å². The van der Waals surface area contributed by atoms with Gasteiger partial charge in [0.05, 0.1) is 17.8 Å². The lowest BCUT2D eigenvalue weighted by Gasteiger charge is -2.32. The highest BCUT2D eigenvalue weighted by Gasteiger charge is 2.23. The van der Waals surface area contributed by atoms with Crippen LogP contribution in [-0.2, 0) is 11.2 Å². The summed E-state index contributed by atoms with van der Waals surface area (Å²) in [5, 5.41) is 6.06. The molecule has 138 valence electrons. The van der Waals surface area contributed by atoms with Crippen molar-refractivity contribution in [2.24, 2.45) is 5.92 Å². The molecule has 3 rings (SSSR count). The lowest BCUT2D eigenvalue weighted by molar-refractivity contribution is -0.132. The maximum atomic E-state index is 12.5. The number of halogens is 2. The fraction of sp³-hybridized carbons (Fsp3) is 0.471. The summed E-state index contributed by atoms with van der Waals surface area (Å²) in [4.78, 5) is 23.4. The van der Waals surface area contributed by atoms with E-state index in [1.807, 2.05) is 35.5 Å². The zero-order valence-corrected chi connectivity index (χ0v) is 16.6. The molecule has 8 heteroatoms. The Morgan fingerprint density at radius 1 is 1.40 bits per heavy atom. The number of aromatic nitrogens is 2. The van der Waals surface area contributed by atoms with Crippen LogP contribution in [0.3, 0.4) is 0 Å². The molecular weight excluding hydrogens is 379 g/mol. The smallest absolute Gasteiger partial charge is 0.228 e. The van der Waals surface area contributed by atoms with E-state index in [4.69, 9.17) is 0 Å². The van der Waals surface area contributed by atoms with Crippen LogP contribution in [0.25, 0.3) is 10.7 Å². The van der Waals surface area contributed by atoms with E-state index in [0.717, 1.165) is 42.5 Å². The second kappa shape index (κ2) is 10.7. The van der Waals surface area contributed by atoms with Gasteiger partial charge < -0.3 is 10.2 Å². The highest BCUT2D eigenvalue weighted by atomic mass is 35.5. The van der Waals surface area contributed by atoms with Gasteiger partial charge in [0.1, 0.15) is 5.01 Å². The third-order valence-electron chi connectivity index (χ3n) is 4.13. The molecule has 3 heterocycles. The molecule has 0 bridgehead atoms. The number of nitrogens with zero attached hydrogens (tertiary/aromatic N) is 3. The van der Waals surface area contributed by atoms with Crippen LogP contribution in [0, 0.1) is 5.92 Å². The summed E-state index contributed by atoms with van der Waals surface area (Å²) in [6.45, 7) is 2.71. The molecule has 0 saturated carbocycles. The highest BCUT2D eigenvalue weighted by molar-refractivity contribution is 7.13. The SMILES string of the molecule is CNCC1CCCN(C(=O)Cc2csc(-c3ccccn3)n2)C1.Cl.Cl. The largest absolute Gasteiger partial charge is 0.342 e. The summed E-state index contributed by atoms with van der Waals surface area (Å²) in [6, 6.07) is 5.78. The number of hydrogen-bond donors (Lipinski definition) is 1. The molecule has 25 heavy (non-hydrogen) atoms. The minimum Gasteiger partial charge on any atom is -0.342 e. The van der Waals surface area contributed by atoms with Crippen LogP contribution in [0.1, 0.15) is 18.5 Å². The molecule has 2 aromatic rings. The summed E-state index contributed by atoms with van der Waals surface area (Å²) < 4.78 is 0. The van der Waals surface area contributed by atoms with Crippen molar-refractivity contribution in [3.8, 4) is 10.7 Å². The lowest BCUT2D eigenvalue weighted by Crippen LogP contribution is -2.43. The molecule has 0 spiro atoms. The quantitative estimate of drug-likeness (QED) is 0.834.